The van der Waals surface area contributed by atoms with Crippen molar-refractivity contribution in [1.82, 2.24) is 0 Å². The Morgan fingerprint density at radius 2 is 2.11 bits per heavy atom. The Morgan fingerprint density at radius 1 is 1.26 bits per heavy atom. The van der Waals surface area contributed by atoms with E-state index in [1.165, 1.54) is 25.7 Å². The summed E-state index contributed by atoms with van der Waals surface area (Å²) in [5, 5.41) is 3.77. The van der Waals surface area contributed by atoms with E-state index in [1.807, 2.05) is 18.2 Å². The van der Waals surface area contributed by atoms with Crippen molar-refractivity contribution in [3.63, 3.8) is 0 Å². The maximum Gasteiger partial charge on any atom is 0.247 e. The van der Waals surface area contributed by atoms with Gasteiger partial charge in [-0.1, -0.05) is 30.5 Å². The van der Waals surface area contributed by atoms with Crippen molar-refractivity contribution in [2.75, 3.05) is 10.2 Å². The maximum atomic E-state index is 12.3. The van der Waals surface area contributed by atoms with Gasteiger partial charge in [0, 0.05) is 6.04 Å². The molecule has 1 aromatic rings. The molecule has 19 heavy (non-hydrogen) atoms. The smallest absolute Gasteiger partial charge is 0.247 e. The Balaban J connectivity index is 1.84. The van der Waals surface area contributed by atoms with E-state index in [2.05, 4.69) is 10.2 Å². The van der Waals surface area contributed by atoms with Gasteiger partial charge in [-0.3, -0.25) is 4.79 Å². The molecule has 0 spiro atoms. The van der Waals surface area contributed by atoms with Gasteiger partial charge >= 0.3 is 0 Å². The summed E-state index contributed by atoms with van der Waals surface area (Å²) in [6.07, 6.45) is 6.01. The first-order valence-electron chi connectivity index (χ1n) is 7.13. The second-order valence-corrected chi connectivity index (χ2v) is 6.30. The lowest BCUT2D eigenvalue weighted by atomic mass is 9.84. The minimum Gasteiger partial charge on any atom is -0.353 e. The third kappa shape index (κ3) is 1.61. The van der Waals surface area contributed by atoms with Crippen LogP contribution < -0.4 is 10.2 Å². The largest absolute Gasteiger partial charge is 0.353 e. The number of amides is 1. The van der Waals surface area contributed by atoms with E-state index < -0.39 is 0 Å². The lowest BCUT2D eigenvalue weighted by Crippen LogP contribution is -2.48. The molecule has 1 aliphatic carbocycles. The number of carbonyl (C=O) groups is 1. The predicted molar refractivity (Wildman–Crippen MR) is 76.7 cm³/mol. The van der Waals surface area contributed by atoms with Crippen LogP contribution in [0.5, 0.6) is 0 Å². The van der Waals surface area contributed by atoms with Crippen molar-refractivity contribution in [2.45, 2.75) is 44.2 Å². The molecular weight excluding hydrogens is 260 g/mol. The number of hydrogen-bond acceptors (Lipinski definition) is 2. The Kier molecular flexibility index (Phi) is 2.52. The fraction of sp³-hybridized carbons (Fsp3) is 0.533. The monoisotopic (exact) mass is 276 g/mol. The van der Waals surface area contributed by atoms with Crippen LogP contribution in [0.25, 0.3) is 0 Å². The molecule has 3 atom stereocenters. The van der Waals surface area contributed by atoms with Crippen molar-refractivity contribution in [2.24, 2.45) is 5.92 Å². The lowest BCUT2D eigenvalue weighted by molar-refractivity contribution is -0.117. The van der Waals surface area contributed by atoms with Crippen LogP contribution in [0.3, 0.4) is 0 Å². The zero-order chi connectivity index (χ0) is 13.0. The van der Waals surface area contributed by atoms with Gasteiger partial charge in [0.2, 0.25) is 5.91 Å². The molecule has 2 aliphatic heterocycles. The number of carbonyl (C=O) groups excluding carboxylic acids is 1. The molecule has 2 fully saturated rings. The van der Waals surface area contributed by atoms with Gasteiger partial charge in [0.25, 0.3) is 0 Å². The van der Waals surface area contributed by atoms with Crippen LogP contribution in [0.15, 0.2) is 18.2 Å². The standard InChI is InChI=1S/C15H17ClN2O/c16-10-5-3-6-11-14(10)18-12-7-2-1-4-9(12)8-13(18)15(19)17-11/h3,5-6,9,12-13H,1-2,4,7-8H2,(H,17,19). The van der Waals surface area contributed by atoms with E-state index in [9.17, 15) is 4.79 Å². The maximum absolute atomic E-state index is 12.3. The number of nitrogens with one attached hydrogen (secondary N) is 1. The third-order valence-corrected chi connectivity index (χ3v) is 5.20. The van der Waals surface area contributed by atoms with Crippen LogP contribution in [-0.4, -0.2) is 18.0 Å². The van der Waals surface area contributed by atoms with E-state index in [0.717, 1.165) is 22.8 Å². The highest BCUT2D eigenvalue weighted by Crippen LogP contribution is 2.49. The van der Waals surface area contributed by atoms with Gasteiger partial charge in [-0.2, -0.15) is 0 Å². The number of rotatable bonds is 0. The van der Waals surface area contributed by atoms with Crippen molar-refractivity contribution < 1.29 is 4.79 Å². The molecule has 0 bridgehead atoms. The molecule has 4 heteroatoms. The molecule has 0 aromatic heterocycles. The summed E-state index contributed by atoms with van der Waals surface area (Å²) in [4.78, 5) is 14.6. The average Bonchev–Trinajstić information content (AvgIpc) is 2.79. The molecule has 1 amide bonds. The molecule has 1 saturated heterocycles. The van der Waals surface area contributed by atoms with Gasteiger partial charge in [0.1, 0.15) is 6.04 Å². The van der Waals surface area contributed by atoms with Crippen LogP contribution in [0.4, 0.5) is 11.4 Å². The van der Waals surface area contributed by atoms with E-state index >= 15 is 0 Å². The fourth-order valence-corrected chi connectivity index (χ4v) is 4.38. The Bertz CT molecular complexity index is 545. The lowest BCUT2D eigenvalue weighted by Gasteiger charge is -2.39. The number of benzene rings is 1. The summed E-state index contributed by atoms with van der Waals surface area (Å²) >= 11 is 6.39. The topological polar surface area (TPSA) is 32.3 Å². The van der Waals surface area contributed by atoms with E-state index in [0.29, 0.717) is 12.0 Å². The first-order chi connectivity index (χ1) is 9.25. The molecule has 2 heterocycles. The number of anilines is 2. The van der Waals surface area contributed by atoms with Crippen LogP contribution in [0.1, 0.15) is 32.1 Å². The first-order valence-corrected chi connectivity index (χ1v) is 7.51. The SMILES string of the molecule is O=C1Nc2cccc(Cl)c2N2C1CC1CCCCC12. The molecule has 3 unspecified atom stereocenters. The summed E-state index contributed by atoms with van der Waals surface area (Å²) in [5.74, 6) is 0.802. The quantitative estimate of drug-likeness (QED) is 0.787. The zero-order valence-corrected chi connectivity index (χ0v) is 11.5. The molecule has 3 aliphatic rings. The Labute approximate surface area is 117 Å². The van der Waals surface area contributed by atoms with Crippen LogP contribution >= 0.6 is 11.6 Å². The zero-order valence-electron chi connectivity index (χ0n) is 10.7. The third-order valence-electron chi connectivity index (χ3n) is 4.89. The van der Waals surface area contributed by atoms with E-state index in [-0.39, 0.29) is 11.9 Å². The first kappa shape index (κ1) is 11.6. The molecule has 1 aromatic carbocycles. The molecular formula is C15H17ClN2O. The molecule has 0 radical (unpaired) electrons. The Hall–Kier alpha value is -1.22. The van der Waals surface area contributed by atoms with E-state index in [1.54, 1.807) is 0 Å². The van der Waals surface area contributed by atoms with Gasteiger partial charge in [0.15, 0.2) is 0 Å². The summed E-state index contributed by atoms with van der Waals surface area (Å²) in [7, 11) is 0. The highest BCUT2D eigenvalue weighted by Gasteiger charge is 2.48. The van der Waals surface area contributed by atoms with Gasteiger partial charge in [-0.05, 0) is 37.3 Å². The summed E-state index contributed by atoms with van der Waals surface area (Å²) in [6.45, 7) is 0. The normalized spacial score (nSPS) is 32.4. The van der Waals surface area contributed by atoms with Crippen LogP contribution in [0, 0.1) is 5.92 Å². The number of para-hydroxylation sites is 1. The second-order valence-electron chi connectivity index (χ2n) is 5.90. The average molecular weight is 277 g/mol. The number of fused-ring (bicyclic) bond motifs is 5. The number of hydrogen-bond donors (Lipinski definition) is 1. The van der Waals surface area contributed by atoms with Crippen molar-refractivity contribution in [3.05, 3.63) is 23.2 Å². The fourth-order valence-electron chi connectivity index (χ4n) is 4.11. The molecule has 1 N–H and O–H groups in total. The van der Waals surface area contributed by atoms with Gasteiger partial charge in [-0.15, -0.1) is 0 Å². The molecule has 1 saturated carbocycles. The van der Waals surface area contributed by atoms with Crippen molar-refractivity contribution in [1.29, 1.82) is 0 Å². The molecule has 100 valence electrons. The molecule has 4 rings (SSSR count). The highest BCUT2D eigenvalue weighted by molar-refractivity contribution is 6.34. The summed E-state index contributed by atoms with van der Waals surface area (Å²) in [5.41, 5.74) is 1.92. The predicted octanol–water partition coefficient (Wildman–Crippen LogP) is 3.43. The van der Waals surface area contributed by atoms with Gasteiger partial charge < -0.3 is 10.2 Å². The Morgan fingerprint density at radius 3 is 3.00 bits per heavy atom. The van der Waals surface area contributed by atoms with Crippen molar-refractivity contribution in [3.8, 4) is 0 Å². The number of nitrogens with zero attached hydrogens (tertiary/aromatic N) is 1. The summed E-state index contributed by atoms with van der Waals surface area (Å²) in [6, 6.07) is 6.26. The second kappa shape index (κ2) is 4.14. The van der Waals surface area contributed by atoms with Crippen LogP contribution in [-0.2, 0) is 4.79 Å². The highest BCUT2D eigenvalue weighted by atomic mass is 35.5. The van der Waals surface area contributed by atoms with Gasteiger partial charge in [0.05, 0.1) is 16.4 Å². The minimum absolute atomic E-state index is 0.0134. The minimum atomic E-state index is -0.0134. The number of halogens is 1. The van der Waals surface area contributed by atoms with E-state index in [4.69, 9.17) is 11.6 Å². The summed E-state index contributed by atoms with van der Waals surface area (Å²) < 4.78 is 0. The molecule has 3 nitrogen and oxygen atoms in total. The van der Waals surface area contributed by atoms with Gasteiger partial charge in [-0.25, -0.2) is 0 Å². The van der Waals surface area contributed by atoms with Crippen LogP contribution in [0.2, 0.25) is 5.02 Å². The van der Waals surface area contributed by atoms with Crippen molar-refractivity contribution >= 4 is 28.9 Å².